The Morgan fingerprint density at radius 1 is 1.16 bits per heavy atom. The van der Waals surface area contributed by atoms with Gasteiger partial charge in [0, 0.05) is 36.8 Å². The summed E-state index contributed by atoms with van der Waals surface area (Å²) in [7, 11) is 0. The zero-order valence-corrected chi connectivity index (χ0v) is 18.1. The highest BCUT2D eigenvalue weighted by Gasteiger charge is 2.30. The molecule has 0 aromatic heterocycles. The third-order valence-corrected chi connectivity index (χ3v) is 6.13. The molecule has 32 heavy (non-hydrogen) atoms. The molecule has 0 spiro atoms. The molecule has 5 N–H and O–H groups in total. The van der Waals surface area contributed by atoms with E-state index in [1.807, 2.05) is 24.3 Å². The van der Waals surface area contributed by atoms with Crippen molar-refractivity contribution in [3.63, 3.8) is 0 Å². The predicted octanol–water partition coefficient (Wildman–Crippen LogP) is 1.09. The average molecular weight is 436 g/mol. The fourth-order valence-electron chi connectivity index (χ4n) is 4.36. The van der Waals surface area contributed by atoms with Gasteiger partial charge in [-0.3, -0.25) is 20.2 Å². The van der Waals surface area contributed by atoms with Crippen LogP contribution in [0.5, 0.6) is 0 Å². The second kappa shape index (κ2) is 9.82. The van der Waals surface area contributed by atoms with Crippen LogP contribution in [0.1, 0.15) is 47.2 Å². The van der Waals surface area contributed by atoms with E-state index in [-0.39, 0.29) is 12.1 Å². The van der Waals surface area contributed by atoms with Crippen LogP contribution in [0.15, 0.2) is 42.5 Å². The lowest BCUT2D eigenvalue weighted by molar-refractivity contribution is -0.134. The van der Waals surface area contributed by atoms with Crippen LogP contribution in [-0.2, 0) is 17.8 Å². The van der Waals surface area contributed by atoms with Gasteiger partial charge in [-0.05, 0) is 60.7 Å². The molecule has 1 saturated heterocycles. The van der Waals surface area contributed by atoms with Crippen molar-refractivity contribution >= 4 is 5.91 Å². The number of aliphatic hydroxyl groups is 2. The Hall–Kier alpha value is -2.73. The standard InChI is InChI=1S/C25H29N3O4/c1-16(29)24(25(31)27-32)26-23-11-9-20-12-18(8-10-22(20)23)5-2-17-3-6-19(7-4-17)13-28-14-21(30)15-28/h3-4,6-8,10,12,16,21,23-24,26,29-30,32H,9,11,13-15H2,1H3,(H,27,31)/t16-,23+,24+/m1/s1. The second-order valence-corrected chi connectivity index (χ2v) is 8.66. The maximum atomic E-state index is 11.8. The lowest BCUT2D eigenvalue weighted by Crippen LogP contribution is -2.50. The molecule has 1 heterocycles. The van der Waals surface area contributed by atoms with Gasteiger partial charge in [0.1, 0.15) is 6.04 Å². The van der Waals surface area contributed by atoms with Gasteiger partial charge in [-0.15, -0.1) is 0 Å². The van der Waals surface area contributed by atoms with Crippen LogP contribution < -0.4 is 10.8 Å². The number of rotatable bonds is 6. The molecule has 1 aliphatic heterocycles. The van der Waals surface area contributed by atoms with E-state index in [1.54, 1.807) is 5.48 Å². The molecule has 168 valence electrons. The number of benzene rings is 2. The molecule has 0 radical (unpaired) electrons. The number of carbonyl (C=O) groups excluding carboxylic acids is 1. The monoisotopic (exact) mass is 435 g/mol. The molecule has 1 aliphatic carbocycles. The van der Waals surface area contributed by atoms with Gasteiger partial charge in [0.15, 0.2) is 0 Å². The van der Waals surface area contributed by atoms with Crippen LogP contribution in [0.25, 0.3) is 0 Å². The molecule has 3 atom stereocenters. The Balaban J connectivity index is 1.40. The first-order valence-electron chi connectivity index (χ1n) is 10.9. The van der Waals surface area contributed by atoms with E-state index in [2.05, 4.69) is 40.3 Å². The number of hydroxylamine groups is 1. The Bertz CT molecular complexity index is 1020. The van der Waals surface area contributed by atoms with Gasteiger partial charge in [0.05, 0.1) is 12.2 Å². The first-order chi connectivity index (χ1) is 15.4. The van der Waals surface area contributed by atoms with Crippen molar-refractivity contribution < 1.29 is 20.2 Å². The molecular formula is C25H29N3O4. The lowest BCUT2D eigenvalue weighted by atomic mass is 10.0. The summed E-state index contributed by atoms with van der Waals surface area (Å²) in [4.78, 5) is 14.0. The summed E-state index contributed by atoms with van der Waals surface area (Å²) in [6, 6.07) is 13.3. The van der Waals surface area contributed by atoms with Gasteiger partial charge < -0.3 is 10.2 Å². The van der Waals surface area contributed by atoms with Crippen molar-refractivity contribution in [3.05, 3.63) is 70.3 Å². The van der Waals surface area contributed by atoms with Crippen molar-refractivity contribution in [2.45, 2.75) is 50.6 Å². The third kappa shape index (κ3) is 5.18. The van der Waals surface area contributed by atoms with Gasteiger partial charge in [0.2, 0.25) is 0 Å². The summed E-state index contributed by atoms with van der Waals surface area (Å²) in [5.41, 5.74) is 6.98. The van der Waals surface area contributed by atoms with Crippen LogP contribution in [-0.4, -0.2) is 57.6 Å². The molecule has 0 bridgehead atoms. The highest BCUT2D eigenvalue weighted by molar-refractivity contribution is 5.81. The zero-order chi connectivity index (χ0) is 22.7. The normalized spacial score (nSPS) is 19.9. The highest BCUT2D eigenvalue weighted by atomic mass is 16.5. The Morgan fingerprint density at radius 2 is 1.84 bits per heavy atom. The molecule has 0 saturated carbocycles. The van der Waals surface area contributed by atoms with E-state index < -0.39 is 18.1 Å². The third-order valence-electron chi connectivity index (χ3n) is 6.13. The van der Waals surface area contributed by atoms with Crippen LogP contribution in [0.4, 0.5) is 0 Å². The number of likely N-dealkylation sites (tertiary alicyclic amines) is 1. The molecule has 1 fully saturated rings. The van der Waals surface area contributed by atoms with E-state index >= 15 is 0 Å². The molecule has 2 aromatic rings. The van der Waals surface area contributed by atoms with E-state index in [9.17, 15) is 15.0 Å². The molecule has 4 rings (SSSR count). The fraction of sp³-hybridized carbons (Fsp3) is 0.400. The minimum absolute atomic E-state index is 0.0658. The van der Waals surface area contributed by atoms with Gasteiger partial charge in [-0.25, -0.2) is 5.48 Å². The largest absolute Gasteiger partial charge is 0.391 e. The maximum absolute atomic E-state index is 11.8. The first kappa shape index (κ1) is 22.5. The molecule has 2 aliphatic rings. The number of nitrogens with zero attached hydrogens (tertiary/aromatic N) is 1. The number of nitrogens with one attached hydrogen (secondary N) is 2. The highest BCUT2D eigenvalue weighted by Crippen LogP contribution is 2.32. The number of carbonyl (C=O) groups is 1. The Morgan fingerprint density at radius 3 is 2.50 bits per heavy atom. The summed E-state index contributed by atoms with van der Waals surface area (Å²) in [6.45, 7) is 3.85. The number of fused-ring (bicyclic) bond motifs is 1. The van der Waals surface area contributed by atoms with Crippen molar-refractivity contribution in [1.82, 2.24) is 15.7 Å². The van der Waals surface area contributed by atoms with Crippen molar-refractivity contribution in [2.75, 3.05) is 13.1 Å². The molecule has 2 aromatic carbocycles. The summed E-state index contributed by atoms with van der Waals surface area (Å²) in [6.07, 6.45) is 0.553. The first-order valence-corrected chi connectivity index (χ1v) is 10.9. The number of hydrogen-bond acceptors (Lipinski definition) is 6. The molecule has 0 unspecified atom stereocenters. The smallest absolute Gasteiger partial charge is 0.263 e. The summed E-state index contributed by atoms with van der Waals surface area (Å²) >= 11 is 0. The molecular weight excluding hydrogens is 406 g/mol. The van der Waals surface area contributed by atoms with Crippen molar-refractivity contribution in [2.24, 2.45) is 0 Å². The van der Waals surface area contributed by atoms with Crippen molar-refractivity contribution in [3.8, 4) is 11.8 Å². The van der Waals surface area contributed by atoms with Gasteiger partial charge in [-0.2, -0.15) is 0 Å². The van der Waals surface area contributed by atoms with Gasteiger partial charge in [-0.1, -0.05) is 30.0 Å². The SMILES string of the molecule is C[C@@H](O)[C@H](N[C@H]1CCc2cc(C#Cc3ccc(CN4CC(O)C4)cc3)ccc21)C(=O)NO. The van der Waals surface area contributed by atoms with Crippen LogP contribution in [0.2, 0.25) is 0 Å². The van der Waals surface area contributed by atoms with Crippen LogP contribution in [0, 0.1) is 11.8 Å². The molecule has 7 heteroatoms. The summed E-state index contributed by atoms with van der Waals surface area (Å²) in [5, 5.41) is 31.3. The number of aryl methyl sites for hydroxylation is 1. The average Bonchev–Trinajstić information content (AvgIpc) is 3.17. The Labute approximate surface area is 188 Å². The van der Waals surface area contributed by atoms with Crippen LogP contribution >= 0.6 is 0 Å². The van der Waals surface area contributed by atoms with Gasteiger partial charge in [0.25, 0.3) is 5.91 Å². The summed E-state index contributed by atoms with van der Waals surface area (Å²) in [5.74, 6) is 5.80. The van der Waals surface area contributed by atoms with E-state index in [1.165, 1.54) is 18.1 Å². The quantitative estimate of drug-likeness (QED) is 0.264. The van der Waals surface area contributed by atoms with Crippen LogP contribution in [0.3, 0.4) is 0 Å². The maximum Gasteiger partial charge on any atom is 0.263 e. The predicted molar refractivity (Wildman–Crippen MR) is 120 cm³/mol. The number of amides is 1. The second-order valence-electron chi connectivity index (χ2n) is 8.66. The number of hydrogen-bond donors (Lipinski definition) is 5. The fourth-order valence-corrected chi connectivity index (χ4v) is 4.36. The summed E-state index contributed by atoms with van der Waals surface area (Å²) < 4.78 is 0. The minimum atomic E-state index is -0.930. The van der Waals surface area contributed by atoms with Crippen molar-refractivity contribution in [1.29, 1.82) is 0 Å². The van der Waals surface area contributed by atoms with E-state index in [0.29, 0.717) is 0 Å². The number of aliphatic hydroxyl groups excluding tert-OH is 2. The molecule has 7 nitrogen and oxygen atoms in total. The van der Waals surface area contributed by atoms with Gasteiger partial charge >= 0.3 is 0 Å². The molecule has 1 amide bonds. The van der Waals surface area contributed by atoms with E-state index in [4.69, 9.17) is 5.21 Å². The number of β-amino-alcohol motifs (C(OH)–C–C–N with tert-alkyl or cyclic N) is 1. The lowest BCUT2D eigenvalue weighted by Gasteiger charge is -2.35. The van der Waals surface area contributed by atoms with E-state index in [0.717, 1.165) is 49.2 Å². The minimum Gasteiger partial charge on any atom is -0.391 e. The topological polar surface area (TPSA) is 105 Å². The Kier molecular flexibility index (Phi) is 6.89. The zero-order valence-electron chi connectivity index (χ0n) is 18.1.